The summed E-state index contributed by atoms with van der Waals surface area (Å²) in [6, 6.07) is 4.32. The van der Waals surface area contributed by atoms with Crippen molar-refractivity contribution in [1.82, 2.24) is 0 Å². The van der Waals surface area contributed by atoms with Crippen molar-refractivity contribution in [2.24, 2.45) is 5.92 Å². The first-order chi connectivity index (χ1) is 9.85. The van der Waals surface area contributed by atoms with Crippen LogP contribution in [0.3, 0.4) is 0 Å². The third-order valence-corrected chi connectivity index (χ3v) is 2.90. The number of anilines is 1. The molecule has 0 saturated carbocycles. The average molecular weight is 296 g/mol. The molecule has 0 aliphatic rings. The van der Waals surface area contributed by atoms with E-state index in [0.29, 0.717) is 18.0 Å². The highest BCUT2D eigenvalue weighted by atomic mass is 16.6. The molecule has 7 nitrogen and oxygen atoms in total. The maximum absolute atomic E-state index is 10.9. The molecule has 1 aromatic rings. The number of benzene rings is 1. The van der Waals surface area contributed by atoms with Crippen LogP contribution in [0.1, 0.15) is 20.3 Å². The van der Waals surface area contributed by atoms with Gasteiger partial charge in [-0.1, -0.05) is 13.8 Å². The monoisotopic (exact) mass is 296 g/mol. The van der Waals surface area contributed by atoms with Crippen molar-refractivity contribution < 1.29 is 19.6 Å². The van der Waals surface area contributed by atoms with Crippen molar-refractivity contribution in [2.45, 2.75) is 20.3 Å². The molecule has 1 rings (SSSR count). The van der Waals surface area contributed by atoms with E-state index in [1.165, 1.54) is 25.3 Å². The number of carboxylic acids is 1. The zero-order valence-corrected chi connectivity index (χ0v) is 12.4. The number of nitrogens with zero attached hydrogens (tertiary/aromatic N) is 2. The molecule has 0 spiro atoms. The first-order valence-corrected chi connectivity index (χ1v) is 6.64. The maximum Gasteiger partial charge on any atom is 0.305 e. The molecule has 0 unspecified atom stereocenters. The summed E-state index contributed by atoms with van der Waals surface area (Å²) in [6.45, 7) is 4.85. The van der Waals surface area contributed by atoms with E-state index >= 15 is 0 Å². The van der Waals surface area contributed by atoms with Gasteiger partial charge in [0.25, 0.3) is 5.69 Å². The third-order valence-electron chi connectivity index (χ3n) is 2.90. The number of nitro benzene ring substituents is 1. The summed E-state index contributed by atoms with van der Waals surface area (Å²) in [7, 11) is 1.48. The first kappa shape index (κ1) is 16.7. The molecule has 0 atom stereocenters. The molecule has 0 aliphatic heterocycles. The number of carbonyl (C=O) groups is 1. The lowest BCUT2D eigenvalue weighted by molar-refractivity contribution is -0.384. The molecule has 0 heterocycles. The minimum absolute atomic E-state index is 0.0431. The van der Waals surface area contributed by atoms with Crippen LogP contribution >= 0.6 is 0 Å². The van der Waals surface area contributed by atoms with Crippen LogP contribution in [-0.4, -0.2) is 36.2 Å². The Morgan fingerprint density at radius 2 is 2.14 bits per heavy atom. The van der Waals surface area contributed by atoms with E-state index in [4.69, 9.17) is 9.84 Å². The van der Waals surface area contributed by atoms with Crippen LogP contribution in [0.5, 0.6) is 5.75 Å². The van der Waals surface area contributed by atoms with E-state index in [1.807, 2.05) is 18.7 Å². The average Bonchev–Trinajstić information content (AvgIpc) is 2.42. The van der Waals surface area contributed by atoms with Crippen molar-refractivity contribution in [2.75, 3.05) is 25.1 Å². The van der Waals surface area contributed by atoms with Gasteiger partial charge in [0, 0.05) is 25.2 Å². The van der Waals surface area contributed by atoms with Gasteiger partial charge in [0.2, 0.25) is 0 Å². The Kier molecular flexibility index (Phi) is 5.95. The normalized spacial score (nSPS) is 10.5. The zero-order valence-electron chi connectivity index (χ0n) is 12.4. The molecule has 0 aromatic heterocycles. The van der Waals surface area contributed by atoms with Crippen molar-refractivity contribution in [3.63, 3.8) is 0 Å². The highest BCUT2D eigenvalue weighted by molar-refractivity contribution is 5.69. The number of non-ortho nitro benzene ring substituents is 1. The molecule has 1 aromatic carbocycles. The van der Waals surface area contributed by atoms with E-state index in [2.05, 4.69) is 0 Å². The second-order valence-electron chi connectivity index (χ2n) is 5.10. The fourth-order valence-electron chi connectivity index (χ4n) is 2.02. The lowest BCUT2D eigenvalue weighted by Crippen LogP contribution is -2.30. The number of hydrogen-bond donors (Lipinski definition) is 1. The van der Waals surface area contributed by atoms with Gasteiger partial charge in [-0.3, -0.25) is 14.9 Å². The highest BCUT2D eigenvalue weighted by Gasteiger charge is 2.18. The van der Waals surface area contributed by atoms with Gasteiger partial charge in [0.05, 0.1) is 24.1 Å². The van der Waals surface area contributed by atoms with Gasteiger partial charge in [0.1, 0.15) is 5.75 Å². The van der Waals surface area contributed by atoms with E-state index in [9.17, 15) is 14.9 Å². The summed E-state index contributed by atoms with van der Waals surface area (Å²) in [5.74, 6) is -0.137. The summed E-state index contributed by atoms with van der Waals surface area (Å²) in [4.78, 5) is 23.0. The molecule has 0 saturated heterocycles. The molecule has 116 valence electrons. The molecule has 0 aliphatic carbocycles. The summed E-state index contributed by atoms with van der Waals surface area (Å²) in [6.07, 6.45) is -0.0431. The van der Waals surface area contributed by atoms with Crippen molar-refractivity contribution in [3.05, 3.63) is 28.3 Å². The standard InChI is InChI=1S/C14H20N2O5/c1-10(2)9-15(7-6-14(17)18)12-8-11(16(19)20)4-5-13(12)21-3/h4-5,8,10H,6-7,9H2,1-3H3,(H,17,18). The van der Waals surface area contributed by atoms with Crippen molar-refractivity contribution in [3.8, 4) is 5.75 Å². The molecule has 21 heavy (non-hydrogen) atoms. The van der Waals surface area contributed by atoms with Crippen LogP contribution in [0, 0.1) is 16.0 Å². The predicted octanol–water partition coefficient (Wildman–Crippen LogP) is 2.54. The second-order valence-corrected chi connectivity index (χ2v) is 5.10. The molecule has 0 amide bonds. The van der Waals surface area contributed by atoms with Crippen LogP contribution in [0.2, 0.25) is 0 Å². The van der Waals surface area contributed by atoms with E-state index in [1.54, 1.807) is 0 Å². The summed E-state index contributed by atoms with van der Waals surface area (Å²) in [5, 5.41) is 19.8. The molecule has 0 fully saturated rings. The Balaban J connectivity index is 3.15. The van der Waals surface area contributed by atoms with E-state index < -0.39 is 10.9 Å². The van der Waals surface area contributed by atoms with Gasteiger partial charge in [-0.25, -0.2) is 0 Å². The van der Waals surface area contributed by atoms with Crippen molar-refractivity contribution in [1.29, 1.82) is 0 Å². The topological polar surface area (TPSA) is 92.9 Å². The van der Waals surface area contributed by atoms with Crippen LogP contribution in [0.4, 0.5) is 11.4 Å². The van der Waals surface area contributed by atoms with Gasteiger partial charge in [-0.05, 0) is 12.0 Å². The summed E-state index contributed by atoms with van der Waals surface area (Å²) >= 11 is 0. The number of rotatable bonds is 8. The molecule has 1 N–H and O–H groups in total. The van der Waals surface area contributed by atoms with E-state index in [0.717, 1.165) is 0 Å². The van der Waals surface area contributed by atoms with Gasteiger partial charge in [-0.2, -0.15) is 0 Å². The first-order valence-electron chi connectivity index (χ1n) is 6.64. The highest BCUT2D eigenvalue weighted by Crippen LogP contribution is 2.32. The number of hydrogen-bond acceptors (Lipinski definition) is 5. The van der Waals surface area contributed by atoms with Crippen molar-refractivity contribution >= 4 is 17.3 Å². The zero-order chi connectivity index (χ0) is 16.0. The fraction of sp³-hybridized carbons (Fsp3) is 0.500. The molecule has 0 radical (unpaired) electrons. The van der Waals surface area contributed by atoms with Gasteiger partial charge in [0.15, 0.2) is 0 Å². The summed E-state index contributed by atoms with van der Waals surface area (Å²) in [5.41, 5.74) is 0.497. The Morgan fingerprint density at radius 1 is 1.48 bits per heavy atom. The SMILES string of the molecule is COc1ccc([N+](=O)[O-])cc1N(CCC(=O)O)CC(C)C. The Hall–Kier alpha value is -2.31. The minimum Gasteiger partial charge on any atom is -0.495 e. The van der Waals surface area contributed by atoms with Gasteiger partial charge in [-0.15, -0.1) is 0 Å². The summed E-state index contributed by atoms with van der Waals surface area (Å²) < 4.78 is 5.24. The van der Waals surface area contributed by atoms with Gasteiger partial charge < -0.3 is 14.7 Å². The van der Waals surface area contributed by atoms with Crippen LogP contribution in [-0.2, 0) is 4.79 Å². The number of ether oxygens (including phenoxy) is 1. The number of carboxylic acid groups (broad SMARTS) is 1. The Labute approximate surface area is 123 Å². The van der Waals surface area contributed by atoms with Crippen LogP contribution in [0.25, 0.3) is 0 Å². The Bertz CT molecular complexity index is 516. The fourth-order valence-corrected chi connectivity index (χ4v) is 2.02. The number of nitro groups is 1. The van der Waals surface area contributed by atoms with E-state index in [-0.39, 0.29) is 24.6 Å². The molecule has 0 bridgehead atoms. The second kappa shape index (κ2) is 7.47. The molecular weight excluding hydrogens is 276 g/mol. The minimum atomic E-state index is -0.909. The predicted molar refractivity (Wildman–Crippen MR) is 79.0 cm³/mol. The maximum atomic E-state index is 10.9. The molecular formula is C14H20N2O5. The quantitative estimate of drug-likeness (QED) is 0.585. The van der Waals surface area contributed by atoms with Crippen LogP contribution in [0.15, 0.2) is 18.2 Å². The lowest BCUT2D eigenvalue weighted by Gasteiger charge is -2.27. The molecule has 7 heteroatoms. The smallest absolute Gasteiger partial charge is 0.305 e. The largest absolute Gasteiger partial charge is 0.495 e. The lowest BCUT2D eigenvalue weighted by atomic mass is 10.1. The Morgan fingerprint density at radius 3 is 2.62 bits per heavy atom. The third kappa shape index (κ3) is 4.94. The number of methoxy groups -OCH3 is 1. The van der Waals surface area contributed by atoms with Gasteiger partial charge >= 0.3 is 5.97 Å². The number of aliphatic carboxylic acids is 1. The van der Waals surface area contributed by atoms with Crippen LogP contribution < -0.4 is 9.64 Å².